The molecular formula is C24H31N7O4. The van der Waals surface area contributed by atoms with Gasteiger partial charge in [-0.25, -0.2) is 9.78 Å². The molecule has 2 heterocycles. The number of primary amides is 1. The number of nitrogens with zero attached hydrogens (tertiary/aromatic N) is 4. The smallest absolute Gasteiger partial charge is 0.407 e. The number of alkyl carbamates (subject to hydrolysis) is 1. The Bertz CT molecular complexity index is 1280. The predicted molar refractivity (Wildman–Crippen MR) is 132 cm³/mol. The highest BCUT2D eigenvalue weighted by Gasteiger charge is 2.18. The van der Waals surface area contributed by atoms with Crippen molar-refractivity contribution in [2.75, 3.05) is 11.9 Å². The molecule has 0 aliphatic heterocycles. The van der Waals surface area contributed by atoms with Crippen LogP contribution in [0.2, 0.25) is 0 Å². The maximum Gasteiger partial charge on any atom is 0.407 e. The van der Waals surface area contributed by atoms with Crippen molar-refractivity contribution in [3.63, 3.8) is 0 Å². The summed E-state index contributed by atoms with van der Waals surface area (Å²) in [5.41, 5.74) is 7.51. The van der Waals surface area contributed by atoms with E-state index in [1.807, 2.05) is 19.9 Å². The first-order valence-corrected chi connectivity index (χ1v) is 11.3. The number of fused-ring (bicyclic) bond motifs is 1. The van der Waals surface area contributed by atoms with Gasteiger partial charge in [0.25, 0.3) is 5.91 Å². The number of hydrogen-bond donors (Lipinski definition) is 3. The van der Waals surface area contributed by atoms with Crippen LogP contribution in [0.15, 0.2) is 36.4 Å². The van der Waals surface area contributed by atoms with Gasteiger partial charge in [-0.1, -0.05) is 12.2 Å². The number of hydrogen-bond acceptors (Lipinski definition) is 6. The molecule has 0 aliphatic rings. The minimum atomic E-state index is -0.577. The topological polar surface area (TPSA) is 146 Å². The highest BCUT2D eigenvalue weighted by atomic mass is 16.6. The largest absolute Gasteiger partial charge is 0.444 e. The van der Waals surface area contributed by atoms with E-state index in [-0.39, 0.29) is 12.5 Å². The number of allylic oxidation sites excluding steroid dienone is 1. The lowest BCUT2D eigenvalue weighted by Crippen LogP contribution is -2.32. The van der Waals surface area contributed by atoms with Gasteiger partial charge in [-0.2, -0.15) is 5.10 Å². The summed E-state index contributed by atoms with van der Waals surface area (Å²) in [5.74, 6) is -0.616. The molecule has 186 valence electrons. The van der Waals surface area contributed by atoms with Crippen molar-refractivity contribution in [2.24, 2.45) is 5.73 Å². The van der Waals surface area contributed by atoms with Gasteiger partial charge in [0.05, 0.1) is 16.7 Å². The van der Waals surface area contributed by atoms with Crippen LogP contribution < -0.4 is 16.4 Å². The van der Waals surface area contributed by atoms with Crippen molar-refractivity contribution in [3.05, 3.63) is 53.4 Å². The minimum absolute atomic E-state index is 0.268. The number of carbonyl (C=O) groups is 3. The zero-order valence-corrected chi connectivity index (χ0v) is 20.6. The Labute approximate surface area is 203 Å². The summed E-state index contributed by atoms with van der Waals surface area (Å²) in [5, 5.41) is 9.82. The molecule has 0 saturated heterocycles. The minimum Gasteiger partial charge on any atom is -0.444 e. The summed E-state index contributed by atoms with van der Waals surface area (Å²) in [6.07, 6.45) is 3.09. The SMILES string of the molecule is CCn1nc(C)cc1C(=O)Nc1nc2cc(C(N)=O)ccc2n1CC=CCNC(=O)OC(C)(C)C. The molecule has 0 fully saturated rings. The molecule has 4 N–H and O–H groups in total. The van der Waals surface area contributed by atoms with E-state index in [1.165, 1.54) is 0 Å². The monoisotopic (exact) mass is 481 g/mol. The van der Waals surface area contributed by atoms with Gasteiger partial charge >= 0.3 is 6.09 Å². The average Bonchev–Trinajstić information content (AvgIpc) is 3.31. The number of aryl methyl sites for hydroxylation is 2. The molecule has 11 heteroatoms. The molecule has 0 saturated carbocycles. The number of ether oxygens (including phenoxy) is 1. The fraction of sp³-hybridized carbons (Fsp3) is 0.375. The fourth-order valence-electron chi connectivity index (χ4n) is 3.42. The highest BCUT2D eigenvalue weighted by molar-refractivity contribution is 6.03. The normalized spacial score (nSPS) is 11.7. The van der Waals surface area contributed by atoms with Gasteiger partial charge in [0.15, 0.2) is 0 Å². The molecule has 0 aliphatic carbocycles. The summed E-state index contributed by atoms with van der Waals surface area (Å²) in [6.45, 7) is 10.3. The Morgan fingerprint density at radius 2 is 1.91 bits per heavy atom. The second kappa shape index (κ2) is 10.4. The molecule has 3 aromatic rings. The van der Waals surface area contributed by atoms with E-state index < -0.39 is 17.6 Å². The van der Waals surface area contributed by atoms with Crippen LogP contribution in [-0.4, -0.2) is 49.4 Å². The molecule has 0 atom stereocenters. The van der Waals surface area contributed by atoms with Crippen LogP contribution in [-0.2, 0) is 17.8 Å². The number of imidazole rings is 1. The molecule has 35 heavy (non-hydrogen) atoms. The lowest BCUT2D eigenvalue weighted by atomic mass is 10.2. The van der Waals surface area contributed by atoms with Crippen LogP contribution in [0.25, 0.3) is 11.0 Å². The standard InChI is InChI=1S/C24H31N7O4/c1-6-31-19(13-15(2)29-31)21(33)28-22-27-17-14-16(20(25)32)9-10-18(17)30(22)12-8-7-11-26-23(34)35-24(3,4)5/h7-10,13-14H,6,11-12H2,1-5H3,(H2,25,32)(H,26,34)(H,27,28,33). The quantitative estimate of drug-likeness (QED) is 0.422. The summed E-state index contributed by atoms with van der Waals surface area (Å²) in [4.78, 5) is 40.9. The molecule has 0 radical (unpaired) electrons. The molecule has 11 nitrogen and oxygen atoms in total. The van der Waals surface area contributed by atoms with Crippen molar-refractivity contribution < 1.29 is 19.1 Å². The summed E-state index contributed by atoms with van der Waals surface area (Å²) in [7, 11) is 0. The number of rotatable bonds is 8. The van der Waals surface area contributed by atoms with Gasteiger partial charge in [0.1, 0.15) is 11.3 Å². The third-order valence-corrected chi connectivity index (χ3v) is 4.91. The predicted octanol–water partition coefficient (Wildman–Crippen LogP) is 2.99. The van der Waals surface area contributed by atoms with Gasteiger partial charge in [-0.3, -0.25) is 19.6 Å². The van der Waals surface area contributed by atoms with E-state index in [4.69, 9.17) is 10.5 Å². The molecule has 0 unspecified atom stereocenters. The number of amides is 3. The molecule has 3 rings (SSSR count). The first kappa shape index (κ1) is 25.5. The second-order valence-corrected chi connectivity index (χ2v) is 8.91. The number of benzene rings is 1. The number of nitrogens with one attached hydrogen (secondary N) is 2. The summed E-state index contributed by atoms with van der Waals surface area (Å²) < 4.78 is 8.62. The van der Waals surface area contributed by atoms with Crippen LogP contribution in [0.5, 0.6) is 0 Å². The lowest BCUT2D eigenvalue weighted by molar-refractivity contribution is 0.0533. The first-order chi connectivity index (χ1) is 16.5. The number of nitrogens with two attached hydrogens (primary N) is 1. The maximum absolute atomic E-state index is 13.0. The van der Waals surface area contributed by atoms with E-state index in [0.717, 1.165) is 5.69 Å². The lowest BCUT2D eigenvalue weighted by Gasteiger charge is -2.19. The third-order valence-electron chi connectivity index (χ3n) is 4.91. The van der Waals surface area contributed by atoms with Crippen LogP contribution in [0.3, 0.4) is 0 Å². The van der Waals surface area contributed by atoms with E-state index >= 15 is 0 Å². The molecule has 0 spiro atoms. The molecule has 0 bridgehead atoms. The zero-order chi connectivity index (χ0) is 25.8. The van der Waals surface area contributed by atoms with Gasteiger partial charge in [-0.05, 0) is 58.9 Å². The highest BCUT2D eigenvalue weighted by Crippen LogP contribution is 2.22. The Kier molecular flexibility index (Phi) is 7.58. The fourth-order valence-corrected chi connectivity index (χ4v) is 3.42. The van der Waals surface area contributed by atoms with Crippen molar-refractivity contribution in [3.8, 4) is 0 Å². The third kappa shape index (κ3) is 6.46. The van der Waals surface area contributed by atoms with E-state index in [9.17, 15) is 14.4 Å². The summed E-state index contributed by atoms with van der Waals surface area (Å²) >= 11 is 0. The number of carbonyl (C=O) groups excluding carboxylic acids is 3. The Balaban J connectivity index is 1.83. The molecule has 1 aromatic carbocycles. The summed E-state index contributed by atoms with van der Waals surface area (Å²) in [6, 6.07) is 6.63. The first-order valence-electron chi connectivity index (χ1n) is 11.3. The average molecular weight is 482 g/mol. The van der Waals surface area contributed by atoms with Crippen molar-refractivity contribution in [2.45, 2.75) is 53.3 Å². The second-order valence-electron chi connectivity index (χ2n) is 8.91. The van der Waals surface area contributed by atoms with E-state index in [2.05, 4.69) is 20.7 Å². The van der Waals surface area contributed by atoms with Crippen molar-refractivity contribution in [1.82, 2.24) is 24.6 Å². The van der Waals surface area contributed by atoms with Gasteiger partial charge in [0, 0.05) is 25.2 Å². The Morgan fingerprint density at radius 1 is 1.17 bits per heavy atom. The van der Waals surface area contributed by atoms with E-state index in [1.54, 1.807) is 60.4 Å². The Morgan fingerprint density at radius 3 is 2.57 bits per heavy atom. The van der Waals surface area contributed by atoms with Crippen LogP contribution >= 0.6 is 0 Å². The van der Waals surface area contributed by atoms with Crippen LogP contribution in [0.1, 0.15) is 54.2 Å². The van der Waals surface area contributed by atoms with Crippen molar-refractivity contribution >= 4 is 34.9 Å². The van der Waals surface area contributed by atoms with Gasteiger partial charge in [0.2, 0.25) is 11.9 Å². The van der Waals surface area contributed by atoms with Gasteiger partial charge in [-0.15, -0.1) is 0 Å². The maximum atomic E-state index is 13.0. The molecule has 2 aromatic heterocycles. The zero-order valence-electron chi connectivity index (χ0n) is 20.6. The molecule has 3 amide bonds. The van der Waals surface area contributed by atoms with Crippen LogP contribution in [0.4, 0.5) is 10.7 Å². The van der Waals surface area contributed by atoms with Gasteiger partial charge < -0.3 is 20.4 Å². The number of anilines is 1. The van der Waals surface area contributed by atoms with Crippen LogP contribution in [0, 0.1) is 6.92 Å². The van der Waals surface area contributed by atoms with Crippen molar-refractivity contribution in [1.29, 1.82) is 0 Å². The van der Waals surface area contributed by atoms with E-state index in [0.29, 0.717) is 41.3 Å². The molecular weight excluding hydrogens is 450 g/mol. The Hall–Kier alpha value is -4.15. The number of aromatic nitrogens is 4.